The second-order valence-corrected chi connectivity index (χ2v) is 5.67. The Balaban J connectivity index is 2.71. The van der Waals surface area contributed by atoms with Crippen molar-refractivity contribution in [1.82, 2.24) is 4.37 Å². The van der Waals surface area contributed by atoms with Crippen molar-refractivity contribution in [3.8, 4) is 0 Å². The van der Waals surface area contributed by atoms with Crippen LogP contribution in [0.25, 0.3) is 0 Å². The van der Waals surface area contributed by atoms with E-state index in [2.05, 4.69) is 23.5 Å². The lowest BCUT2D eigenvalue weighted by molar-refractivity contribution is 0.127. The quantitative estimate of drug-likeness (QED) is 0.749. The molecule has 1 unspecified atom stereocenters. The van der Waals surface area contributed by atoms with Gasteiger partial charge in [0, 0.05) is 6.61 Å². The minimum Gasteiger partial charge on any atom is -0.382 e. The van der Waals surface area contributed by atoms with E-state index in [4.69, 9.17) is 10.5 Å². The van der Waals surface area contributed by atoms with Gasteiger partial charge in [0.25, 0.3) is 0 Å². The molecule has 17 heavy (non-hydrogen) atoms. The summed E-state index contributed by atoms with van der Waals surface area (Å²) in [5.41, 5.74) is 5.81. The second kappa shape index (κ2) is 7.08. The van der Waals surface area contributed by atoms with Crippen LogP contribution in [0.5, 0.6) is 0 Å². The molecule has 1 rings (SSSR count). The van der Waals surface area contributed by atoms with Crippen molar-refractivity contribution in [3.05, 3.63) is 0 Å². The van der Waals surface area contributed by atoms with Crippen molar-refractivity contribution in [2.24, 2.45) is 5.92 Å². The highest BCUT2D eigenvalue weighted by Gasteiger charge is 2.18. The number of nitrogen functional groups attached to an aromatic ring is 1. The normalized spacial score (nSPS) is 13.0. The number of nitrogens with two attached hydrogens (primary N) is 1. The fourth-order valence-electron chi connectivity index (χ4n) is 1.40. The maximum absolute atomic E-state index is 5.81. The van der Waals surface area contributed by atoms with Gasteiger partial charge in [-0.25, -0.2) is 0 Å². The van der Waals surface area contributed by atoms with Crippen LogP contribution in [0.3, 0.4) is 0 Å². The molecule has 0 amide bonds. The fraction of sp³-hybridized carbons (Fsp3) is 0.727. The summed E-state index contributed by atoms with van der Waals surface area (Å²) in [4.78, 5) is 1.04. The summed E-state index contributed by atoms with van der Waals surface area (Å²) in [7, 11) is 0. The summed E-state index contributed by atoms with van der Waals surface area (Å²) in [5.74, 6) is 1.11. The van der Waals surface area contributed by atoms with Crippen LogP contribution in [0.2, 0.25) is 0 Å². The van der Waals surface area contributed by atoms with Gasteiger partial charge in [-0.3, -0.25) is 0 Å². The molecule has 0 radical (unpaired) electrons. The maximum Gasteiger partial charge on any atom is 0.153 e. The van der Waals surface area contributed by atoms with Crippen LogP contribution in [0.15, 0.2) is 4.90 Å². The summed E-state index contributed by atoms with van der Waals surface area (Å²) in [6.45, 7) is 7.82. The van der Waals surface area contributed by atoms with Crippen LogP contribution in [-0.2, 0) is 4.74 Å². The molecule has 0 saturated heterocycles. The monoisotopic (exact) mass is 275 g/mol. The number of aromatic nitrogens is 1. The first-order valence-electron chi connectivity index (χ1n) is 5.73. The maximum atomic E-state index is 5.81. The van der Waals surface area contributed by atoms with Gasteiger partial charge in [0.1, 0.15) is 5.00 Å². The molecule has 1 atom stereocenters. The Morgan fingerprint density at radius 3 is 2.76 bits per heavy atom. The standard InChI is InChI=1S/C11H21N3OS2/c1-5-15-6-8(7(2)3)13-11-9(16-4)10(12)14-17-11/h7-8,13H,5-6H2,1-4H3,(H2,12,14). The minimum atomic E-state index is 0.292. The Kier molecular flexibility index (Phi) is 6.08. The molecule has 0 aliphatic heterocycles. The molecule has 6 heteroatoms. The highest BCUT2D eigenvalue weighted by Crippen LogP contribution is 2.35. The smallest absolute Gasteiger partial charge is 0.153 e. The van der Waals surface area contributed by atoms with Crippen molar-refractivity contribution in [2.45, 2.75) is 31.7 Å². The van der Waals surface area contributed by atoms with Crippen molar-refractivity contribution < 1.29 is 4.74 Å². The molecule has 0 fully saturated rings. The third-order valence-electron chi connectivity index (χ3n) is 2.50. The molecule has 4 nitrogen and oxygen atoms in total. The first kappa shape index (κ1) is 14.6. The third-order valence-corrected chi connectivity index (χ3v) is 4.24. The molecule has 0 aliphatic carbocycles. The molecular weight excluding hydrogens is 254 g/mol. The predicted octanol–water partition coefficient (Wildman–Crippen LogP) is 2.92. The molecule has 0 bridgehead atoms. The zero-order valence-corrected chi connectivity index (χ0v) is 12.5. The lowest BCUT2D eigenvalue weighted by atomic mass is 10.1. The van der Waals surface area contributed by atoms with Gasteiger partial charge < -0.3 is 15.8 Å². The molecule has 0 spiro atoms. The number of nitrogens with one attached hydrogen (secondary N) is 1. The predicted molar refractivity (Wildman–Crippen MR) is 77.0 cm³/mol. The van der Waals surface area contributed by atoms with Crippen LogP contribution >= 0.6 is 23.3 Å². The topological polar surface area (TPSA) is 60.2 Å². The Labute approximate surface area is 111 Å². The second-order valence-electron chi connectivity index (χ2n) is 4.08. The molecule has 0 saturated carbocycles. The minimum absolute atomic E-state index is 0.292. The number of thioether (sulfide) groups is 1. The number of anilines is 2. The van der Waals surface area contributed by atoms with Gasteiger partial charge in [-0.2, -0.15) is 4.37 Å². The molecule has 1 aromatic heterocycles. The van der Waals surface area contributed by atoms with E-state index in [-0.39, 0.29) is 0 Å². The van der Waals surface area contributed by atoms with Crippen molar-refractivity contribution in [3.63, 3.8) is 0 Å². The molecule has 1 aromatic rings. The first-order chi connectivity index (χ1) is 8.10. The van der Waals surface area contributed by atoms with E-state index in [0.29, 0.717) is 24.4 Å². The third kappa shape index (κ3) is 4.04. The lowest BCUT2D eigenvalue weighted by Gasteiger charge is -2.22. The average molecular weight is 275 g/mol. The van der Waals surface area contributed by atoms with Crippen LogP contribution in [-0.4, -0.2) is 29.9 Å². The van der Waals surface area contributed by atoms with E-state index in [0.717, 1.165) is 16.5 Å². The summed E-state index contributed by atoms with van der Waals surface area (Å²) in [6, 6.07) is 0.292. The van der Waals surface area contributed by atoms with Gasteiger partial charge in [0.15, 0.2) is 5.82 Å². The zero-order chi connectivity index (χ0) is 12.8. The van der Waals surface area contributed by atoms with E-state index in [1.54, 1.807) is 11.8 Å². The first-order valence-corrected chi connectivity index (χ1v) is 7.73. The summed E-state index contributed by atoms with van der Waals surface area (Å²) in [6.07, 6.45) is 2.01. The van der Waals surface area contributed by atoms with E-state index >= 15 is 0 Å². The van der Waals surface area contributed by atoms with Crippen LogP contribution in [0, 0.1) is 5.92 Å². The van der Waals surface area contributed by atoms with Gasteiger partial charge in [-0.15, -0.1) is 11.8 Å². The van der Waals surface area contributed by atoms with Crippen LogP contribution in [0.1, 0.15) is 20.8 Å². The zero-order valence-electron chi connectivity index (χ0n) is 10.8. The molecule has 98 valence electrons. The van der Waals surface area contributed by atoms with E-state index in [9.17, 15) is 0 Å². The van der Waals surface area contributed by atoms with E-state index in [1.165, 1.54) is 11.5 Å². The fourth-order valence-corrected chi connectivity index (χ4v) is 2.99. The van der Waals surface area contributed by atoms with Crippen molar-refractivity contribution >= 4 is 34.1 Å². The molecule has 3 N–H and O–H groups in total. The van der Waals surface area contributed by atoms with Gasteiger partial charge >= 0.3 is 0 Å². The largest absolute Gasteiger partial charge is 0.382 e. The Hall–Kier alpha value is -0.460. The Morgan fingerprint density at radius 2 is 2.24 bits per heavy atom. The Morgan fingerprint density at radius 1 is 1.53 bits per heavy atom. The highest BCUT2D eigenvalue weighted by atomic mass is 32.2. The molecule has 0 aromatic carbocycles. The number of hydrogen-bond donors (Lipinski definition) is 2. The number of ether oxygens (including phenoxy) is 1. The number of hydrogen-bond acceptors (Lipinski definition) is 6. The molecule has 1 heterocycles. The van der Waals surface area contributed by atoms with Crippen LogP contribution < -0.4 is 11.1 Å². The molecular formula is C11H21N3OS2. The van der Waals surface area contributed by atoms with Gasteiger partial charge in [-0.05, 0) is 30.6 Å². The average Bonchev–Trinajstić information content (AvgIpc) is 2.64. The van der Waals surface area contributed by atoms with Gasteiger partial charge in [0.05, 0.1) is 17.5 Å². The van der Waals surface area contributed by atoms with E-state index in [1.807, 2.05) is 13.2 Å². The molecule has 0 aliphatic rings. The van der Waals surface area contributed by atoms with Crippen molar-refractivity contribution in [1.29, 1.82) is 0 Å². The van der Waals surface area contributed by atoms with Crippen molar-refractivity contribution in [2.75, 3.05) is 30.5 Å². The summed E-state index contributed by atoms with van der Waals surface area (Å²) < 4.78 is 9.67. The summed E-state index contributed by atoms with van der Waals surface area (Å²) in [5, 5.41) is 4.53. The van der Waals surface area contributed by atoms with Gasteiger partial charge in [-0.1, -0.05) is 13.8 Å². The lowest BCUT2D eigenvalue weighted by Crippen LogP contribution is -2.30. The number of nitrogens with zero attached hydrogens (tertiary/aromatic N) is 1. The van der Waals surface area contributed by atoms with E-state index < -0.39 is 0 Å². The van der Waals surface area contributed by atoms with Crippen LogP contribution in [0.4, 0.5) is 10.8 Å². The SMILES string of the molecule is CCOCC(Nc1snc(N)c1SC)C(C)C. The highest BCUT2D eigenvalue weighted by molar-refractivity contribution is 7.99. The number of rotatable bonds is 7. The Bertz CT molecular complexity index is 341. The summed E-state index contributed by atoms with van der Waals surface area (Å²) >= 11 is 3.04. The van der Waals surface area contributed by atoms with Gasteiger partial charge in [0.2, 0.25) is 0 Å².